The molecule has 0 aromatic heterocycles. The third-order valence-corrected chi connectivity index (χ3v) is 3.75. The summed E-state index contributed by atoms with van der Waals surface area (Å²) in [6.45, 7) is 6.13. The van der Waals surface area contributed by atoms with Gasteiger partial charge in [-0.25, -0.2) is 0 Å². The lowest BCUT2D eigenvalue weighted by molar-refractivity contribution is 0.0978. The minimum absolute atomic E-state index is 0.159. The molecular weight excluding hydrogens is 379 g/mol. The van der Waals surface area contributed by atoms with Gasteiger partial charge in [0, 0.05) is 10.7 Å². The number of ether oxygens (including phenoxy) is 1. The molecule has 0 heterocycles. The summed E-state index contributed by atoms with van der Waals surface area (Å²) in [5, 5.41) is 6.36. The minimum atomic E-state index is -0.416. The first kappa shape index (κ1) is 19.2. The van der Waals surface area contributed by atoms with Crippen molar-refractivity contribution in [3.8, 4) is 5.75 Å². The number of benzene rings is 2. The highest BCUT2D eigenvalue weighted by atomic mass is 35.5. The summed E-state index contributed by atoms with van der Waals surface area (Å²) in [6.07, 6.45) is 0. The van der Waals surface area contributed by atoms with E-state index in [1.807, 2.05) is 6.92 Å². The van der Waals surface area contributed by atoms with Crippen molar-refractivity contribution in [2.24, 2.45) is 0 Å². The van der Waals surface area contributed by atoms with Crippen LogP contribution in [0, 0.1) is 0 Å². The predicted molar refractivity (Wildman–Crippen MR) is 107 cm³/mol. The summed E-state index contributed by atoms with van der Waals surface area (Å²) in [4.78, 5) is 12.2. The molecule has 2 aromatic carbocycles. The first-order valence-corrected chi connectivity index (χ1v) is 8.46. The van der Waals surface area contributed by atoms with Crippen molar-refractivity contribution in [3.63, 3.8) is 0 Å². The van der Waals surface area contributed by atoms with E-state index in [2.05, 4.69) is 17.2 Å². The Balaban J connectivity index is 1.93. The van der Waals surface area contributed by atoms with Gasteiger partial charge in [0.25, 0.3) is 5.91 Å². The van der Waals surface area contributed by atoms with Crippen molar-refractivity contribution >= 4 is 52.1 Å². The van der Waals surface area contributed by atoms with Crippen molar-refractivity contribution in [1.82, 2.24) is 5.32 Å². The predicted octanol–water partition coefficient (Wildman–Crippen LogP) is 5.08. The number of thiocarbonyl (C=S) groups is 1. The number of hydrogen-bond acceptors (Lipinski definition) is 3. The number of carbonyl (C=O) groups excluding carboxylic acids is 1. The van der Waals surface area contributed by atoms with E-state index in [9.17, 15) is 4.79 Å². The quantitative estimate of drug-likeness (QED) is 0.548. The topological polar surface area (TPSA) is 50.4 Å². The van der Waals surface area contributed by atoms with Crippen LogP contribution in [0.3, 0.4) is 0 Å². The molecule has 0 radical (unpaired) electrons. The van der Waals surface area contributed by atoms with E-state index in [0.29, 0.717) is 17.2 Å². The number of anilines is 1. The van der Waals surface area contributed by atoms with Crippen molar-refractivity contribution in [3.05, 3.63) is 70.2 Å². The van der Waals surface area contributed by atoms with Crippen LogP contribution in [-0.2, 0) is 0 Å². The smallest absolute Gasteiger partial charge is 0.258 e. The summed E-state index contributed by atoms with van der Waals surface area (Å²) in [7, 11) is 0. The lowest BCUT2D eigenvalue weighted by atomic mass is 10.2. The van der Waals surface area contributed by atoms with Gasteiger partial charge in [-0.1, -0.05) is 29.8 Å². The minimum Gasteiger partial charge on any atom is -0.489 e. The second-order valence-corrected chi connectivity index (χ2v) is 6.55. The highest BCUT2D eigenvalue weighted by Gasteiger charge is 2.12. The Kier molecular flexibility index (Phi) is 6.82. The van der Waals surface area contributed by atoms with E-state index < -0.39 is 5.91 Å². The van der Waals surface area contributed by atoms with Crippen LogP contribution < -0.4 is 15.4 Å². The zero-order chi connectivity index (χ0) is 18.4. The molecule has 2 aromatic rings. The van der Waals surface area contributed by atoms with Crippen LogP contribution >= 0.6 is 35.4 Å². The Hall–Kier alpha value is -2.08. The van der Waals surface area contributed by atoms with Gasteiger partial charge < -0.3 is 10.1 Å². The Labute approximate surface area is 161 Å². The normalized spacial score (nSPS) is 10.0. The number of amides is 1. The van der Waals surface area contributed by atoms with Crippen molar-refractivity contribution in [2.45, 2.75) is 6.92 Å². The fourth-order valence-electron chi connectivity index (χ4n) is 1.85. The molecule has 0 aliphatic heterocycles. The molecule has 0 spiro atoms. The molecule has 2 rings (SSSR count). The van der Waals surface area contributed by atoms with E-state index >= 15 is 0 Å². The fourth-order valence-corrected chi connectivity index (χ4v) is 2.55. The summed E-state index contributed by atoms with van der Waals surface area (Å²) in [6, 6.07) is 11.8. The highest BCUT2D eigenvalue weighted by Crippen LogP contribution is 2.21. The zero-order valence-corrected chi connectivity index (χ0v) is 15.8. The van der Waals surface area contributed by atoms with Crippen LogP contribution in [0.4, 0.5) is 5.69 Å². The molecule has 0 saturated heterocycles. The Bertz CT molecular complexity index is 807. The largest absolute Gasteiger partial charge is 0.489 e. The maximum atomic E-state index is 12.2. The molecule has 0 bridgehead atoms. The third-order valence-electron chi connectivity index (χ3n) is 3.00. The van der Waals surface area contributed by atoms with Crippen molar-refractivity contribution < 1.29 is 9.53 Å². The molecule has 0 aliphatic rings. The standard InChI is InChI=1S/C18H16Cl2N2O2S/c1-11(2)10-24-14-6-4-13(5-7-14)21-18(25)22-17(23)15-8-3-12(19)9-16(15)20/h3-9H,1,10H2,2H3,(H2,21,22,23,25). The molecule has 25 heavy (non-hydrogen) atoms. The molecule has 2 N–H and O–H groups in total. The van der Waals surface area contributed by atoms with Crippen molar-refractivity contribution in [1.29, 1.82) is 0 Å². The lowest BCUT2D eigenvalue weighted by Crippen LogP contribution is -2.34. The average Bonchev–Trinajstić information content (AvgIpc) is 2.53. The van der Waals surface area contributed by atoms with E-state index in [1.54, 1.807) is 30.3 Å². The molecular formula is C18H16Cl2N2O2S. The number of nitrogens with one attached hydrogen (secondary N) is 2. The molecule has 0 saturated carbocycles. The molecule has 130 valence electrons. The average molecular weight is 395 g/mol. The van der Waals surface area contributed by atoms with E-state index in [1.165, 1.54) is 12.1 Å². The highest BCUT2D eigenvalue weighted by molar-refractivity contribution is 7.80. The van der Waals surface area contributed by atoms with Crippen molar-refractivity contribution in [2.75, 3.05) is 11.9 Å². The second kappa shape index (κ2) is 8.85. The molecule has 0 aliphatic carbocycles. The van der Waals surface area contributed by atoms with E-state index in [4.69, 9.17) is 40.2 Å². The van der Waals surface area contributed by atoms with E-state index in [0.717, 1.165) is 17.0 Å². The maximum Gasteiger partial charge on any atom is 0.258 e. The van der Waals surface area contributed by atoms with Gasteiger partial charge in [-0.15, -0.1) is 0 Å². The SMILES string of the molecule is C=C(C)COc1ccc(NC(=S)NC(=O)c2ccc(Cl)cc2Cl)cc1. The number of hydrogen-bond donors (Lipinski definition) is 2. The maximum absolute atomic E-state index is 12.2. The number of carbonyl (C=O) groups is 1. The van der Waals surface area contributed by atoms with Gasteiger partial charge in [0.2, 0.25) is 0 Å². The number of rotatable bonds is 5. The first-order valence-electron chi connectivity index (χ1n) is 7.30. The third kappa shape index (κ3) is 6.05. The van der Waals surface area contributed by atoms with Gasteiger partial charge in [-0.2, -0.15) is 0 Å². The Morgan fingerprint density at radius 3 is 2.48 bits per heavy atom. The fraction of sp³-hybridized carbons (Fsp3) is 0.111. The van der Waals surface area contributed by atoms with Crippen LogP contribution in [0.25, 0.3) is 0 Å². The summed E-state index contributed by atoms with van der Waals surface area (Å²) in [5.41, 5.74) is 1.95. The van der Waals surface area contributed by atoms with Crippen LogP contribution in [0.2, 0.25) is 10.0 Å². The Morgan fingerprint density at radius 2 is 1.88 bits per heavy atom. The van der Waals surface area contributed by atoms with E-state index in [-0.39, 0.29) is 10.1 Å². The lowest BCUT2D eigenvalue weighted by Gasteiger charge is -2.11. The molecule has 7 heteroatoms. The van der Waals surface area contributed by atoms with Gasteiger partial charge >= 0.3 is 0 Å². The van der Waals surface area contributed by atoms with Gasteiger partial charge in [-0.3, -0.25) is 10.1 Å². The zero-order valence-electron chi connectivity index (χ0n) is 13.4. The van der Waals surface area contributed by atoms with Gasteiger partial charge in [0.05, 0.1) is 10.6 Å². The molecule has 0 atom stereocenters. The monoisotopic (exact) mass is 394 g/mol. The second-order valence-electron chi connectivity index (χ2n) is 5.30. The number of halogens is 2. The van der Waals surface area contributed by atoms with Gasteiger partial charge in [0.15, 0.2) is 5.11 Å². The molecule has 0 unspecified atom stereocenters. The summed E-state index contributed by atoms with van der Waals surface area (Å²) < 4.78 is 5.52. The summed E-state index contributed by atoms with van der Waals surface area (Å²) in [5.74, 6) is 0.303. The van der Waals surface area contributed by atoms with Gasteiger partial charge in [0.1, 0.15) is 12.4 Å². The van der Waals surface area contributed by atoms with Crippen LogP contribution in [0.15, 0.2) is 54.6 Å². The van der Waals surface area contributed by atoms with Crippen LogP contribution in [0.1, 0.15) is 17.3 Å². The molecule has 4 nitrogen and oxygen atoms in total. The van der Waals surface area contributed by atoms with Gasteiger partial charge in [-0.05, 0) is 67.2 Å². The first-order chi connectivity index (χ1) is 11.8. The summed E-state index contributed by atoms with van der Waals surface area (Å²) >= 11 is 17.0. The van der Waals surface area contributed by atoms with Crippen LogP contribution in [0.5, 0.6) is 5.75 Å². The molecule has 1 amide bonds. The van der Waals surface area contributed by atoms with Crippen LogP contribution in [-0.4, -0.2) is 17.6 Å². The molecule has 0 fully saturated rings. The Morgan fingerprint density at radius 1 is 1.20 bits per heavy atom.